The molecular weight excluding hydrogens is 264 g/mol. The molecule has 6 heteroatoms. The number of hydrogen-bond donors (Lipinski definition) is 0. The van der Waals surface area contributed by atoms with Crippen LogP contribution in [0.2, 0.25) is 0 Å². The van der Waals surface area contributed by atoms with Gasteiger partial charge >= 0.3 is 5.97 Å². The zero-order valence-corrected chi connectivity index (χ0v) is 12.9. The molecule has 0 rings (SSSR count). The highest BCUT2D eigenvalue weighted by Gasteiger charge is 2.40. The van der Waals surface area contributed by atoms with Gasteiger partial charge in [0.15, 0.2) is 0 Å². The summed E-state index contributed by atoms with van der Waals surface area (Å²) in [6, 6.07) is 0. The van der Waals surface area contributed by atoms with Crippen LogP contribution in [0, 0.1) is 0 Å². The van der Waals surface area contributed by atoms with Crippen molar-refractivity contribution in [3.8, 4) is 0 Å². The lowest BCUT2D eigenvalue weighted by Crippen LogP contribution is -2.44. The van der Waals surface area contributed by atoms with Gasteiger partial charge in [-0.3, -0.25) is 4.79 Å². The second-order valence-corrected chi connectivity index (χ2v) is 3.85. The highest BCUT2D eigenvalue weighted by atomic mass is 16.7. The number of hydrogen-bond acceptors (Lipinski definition) is 6. The van der Waals surface area contributed by atoms with E-state index in [4.69, 9.17) is 18.9 Å². The van der Waals surface area contributed by atoms with Gasteiger partial charge in [0.2, 0.25) is 11.6 Å². The van der Waals surface area contributed by atoms with Gasteiger partial charge in [-0.25, -0.2) is 4.79 Å². The van der Waals surface area contributed by atoms with Gasteiger partial charge in [0, 0.05) is 13.2 Å². The smallest absolute Gasteiger partial charge is 0.345 e. The van der Waals surface area contributed by atoms with Crippen LogP contribution in [0.5, 0.6) is 0 Å². The van der Waals surface area contributed by atoms with Gasteiger partial charge in [0.25, 0.3) is 0 Å². The summed E-state index contributed by atoms with van der Waals surface area (Å²) in [4.78, 5) is 24.3. The summed E-state index contributed by atoms with van der Waals surface area (Å²) in [7, 11) is 0. The third-order valence-electron chi connectivity index (χ3n) is 2.36. The lowest BCUT2D eigenvalue weighted by atomic mass is 10.1. The Morgan fingerprint density at radius 3 is 1.90 bits per heavy atom. The van der Waals surface area contributed by atoms with Crippen molar-refractivity contribution in [2.45, 2.75) is 40.4 Å². The van der Waals surface area contributed by atoms with Crippen molar-refractivity contribution in [1.82, 2.24) is 0 Å². The Hall–Kier alpha value is -1.40. The van der Waals surface area contributed by atoms with Crippen molar-refractivity contribution in [2.75, 3.05) is 26.4 Å². The van der Waals surface area contributed by atoms with E-state index >= 15 is 0 Å². The molecule has 116 valence electrons. The Balaban J connectivity index is 5.32. The number of carbonyl (C=O) groups is 2. The number of carbonyl (C=O) groups excluding carboxylic acids is 2. The number of ketones is 1. The summed E-state index contributed by atoms with van der Waals surface area (Å²) in [6.07, 6.45) is 1.09. The second kappa shape index (κ2) is 9.50. The topological polar surface area (TPSA) is 71.1 Å². The lowest BCUT2D eigenvalue weighted by molar-refractivity contribution is -0.214. The molecule has 0 saturated carbocycles. The van der Waals surface area contributed by atoms with Gasteiger partial charge in [-0.1, -0.05) is 0 Å². The molecule has 0 unspecified atom stereocenters. The maximum atomic E-state index is 12.5. The van der Waals surface area contributed by atoms with E-state index in [1.807, 2.05) is 0 Å². The average molecular weight is 288 g/mol. The molecule has 0 heterocycles. The van der Waals surface area contributed by atoms with Crippen molar-refractivity contribution in [3.63, 3.8) is 0 Å². The van der Waals surface area contributed by atoms with Gasteiger partial charge in [-0.2, -0.15) is 0 Å². The quantitative estimate of drug-likeness (QED) is 0.152. The number of ether oxygens (including phenoxy) is 4. The highest BCUT2D eigenvalue weighted by molar-refractivity contribution is 6.19. The molecule has 0 aromatic rings. The summed E-state index contributed by atoms with van der Waals surface area (Å²) in [5, 5.41) is 0. The van der Waals surface area contributed by atoms with E-state index in [0.29, 0.717) is 6.61 Å². The van der Waals surface area contributed by atoms with E-state index in [1.165, 1.54) is 6.92 Å². The molecule has 20 heavy (non-hydrogen) atoms. The number of esters is 1. The van der Waals surface area contributed by atoms with E-state index in [9.17, 15) is 9.59 Å². The van der Waals surface area contributed by atoms with Crippen LogP contribution in [0.15, 0.2) is 11.8 Å². The molecule has 0 aromatic carbocycles. The molecule has 0 radical (unpaired) electrons. The largest absolute Gasteiger partial charge is 0.500 e. The molecule has 0 saturated heterocycles. The van der Waals surface area contributed by atoms with E-state index in [0.717, 1.165) is 6.26 Å². The Morgan fingerprint density at radius 1 is 0.950 bits per heavy atom. The van der Waals surface area contributed by atoms with E-state index in [1.54, 1.807) is 27.7 Å². The molecule has 0 aliphatic heterocycles. The minimum absolute atomic E-state index is 0.162. The minimum Gasteiger partial charge on any atom is -0.500 e. The normalized spacial score (nSPS) is 12.2. The lowest BCUT2D eigenvalue weighted by Gasteiger charge is -2.27. The molecule has 0 fully saturated rings. The van der Waals surface area contributed by atoms with Crippen molar-refractivity contribution in [2.24, 2.45) is 0 Å². The van der Waals surface area contributed by atoms with Crippen LogP contribution in [-0.2, 0) is 28.5 Å². The Labute approximate surface area is 120 Å². The molecule has 0 N–H and O–H groups in total. The van der Waals surface area contributed by atoms with E-state index < -0.39 is 17.5 Å². The Kier molecular flexibility index (Phi) is 8.83. The minimum atomic E-state index is -1.53. The monoisotopic (exact) mass is 288 g/mol. The van der Waals surface area contributed by atoms with Crippen LogP contribution in [0.25, 0.3) is 0 Å². The Bertz CT molecular complexity index is 342. The first-order valence-electron chi connectivity index (χ1n) is 6.78. The third-order valence-corrected chi connectivity index (χ3v) is 2.36. The van der Waals surface area contributed by atoms with Crippen molar-refractivity contribution in [1.29, 1.82) is 0 Å². The summed E-state index contributed by atoms with van der Waals surface area (Å²) in [5.74, 6) is -2.90. The Morgan fingerprint density at radius 2 is 1.50 bits per heavy atom. The summed E-state index contributed by atoms with van der Waals surface area (Å²) >= 11 is 0. The standard InChI is InChI=1S/C14H24O6/c1-6-17-10-11(13(16)18-7-2)12(15)14(5,19-8-3)20-9-4/h10H,6-9H2,1-5H3/b11-10+. The maximum absolute atomic E-state index is 12.5. The number of rotatable bonds is 10. The van der Waals surface area contributed by atoms with Crippen LogP contribution in [-0.4, -0.2) is 44.0 Å². The van der Waals surface area contributed by atoms with Crippen LogP contribution in [0.1, 0.15) is 34.6 Å². The van der Waals surface area contributed by atoms with Gasteiger partial charge in [0.1, 0.15) is 11.8 Å². The second-order valence-electron chi connectivity index (χ2n) is 3.85. The fourth-order valence-corrected chi connectivity index (χ4v) is 1.54. The summed E-state index contributed by atoms with van der Waals surface area (Å²) in [5.41, 5.74) is -0.224. The van der Waals surface area contributed by atoms with E-state index in [-0.39, 0.29) is 25.4 Å². The zero-order chi connectivity index (χ0) is 15.6. The van der Waals surface area contributed by atoms with Crippen LogP contribution >= 0.6 is 0 Å². The first-order chi connectivity index (χ1) is 9.46. The fraction of sp³-hybridized carbons (Fsp3) is 0.714. The molecule has 0 bridgehead atoms. The summed E-state index contributed by atoms with van der Waals surface area (Å²) < 4.78 is 20.6. The highest BCUT2D eigenvalue weighted by Crippen LogP contribution is 2.20. The van der Waals surface area contributed by atoms with Crippen LogP contribution < -0.4 is 0 Å². The van der Waals surface area contributed by atoms with Crippen LogP contribution in [0.3, 0.4) is 0 Å². The third kappa shape index (κ3) is 5.30. The van der Waals surface area contributed by atoms with Crippen molar-refractivity contribution < 1.29 is 28.5 Å². The van der Waals surface area contributed by atoms with Gasteiger partial charge in [-0.05, 0) is 34.6 Å². The molecule has 0 spiro atoms. The molecule has 0 aromatic heterocycles. The van der Waals surface area contributed by atoms with Gasteiger partial charge < -0.3 is 18.9 Å². The fourth-order valence-electron chi connectivity index (χ4n) is 1.54. The first-order valence-corrected chi connectivity index (χ1v) is 6.78. The summed E-state index contributed by atoms with van der Waals surface area (Å²) in [6.45, 7) is 9.38. The molecule has 0 aliphatic rings. The SMILES string of the molecule is CCO/C=C(/C(=O)OCC)C(=O)C(C)(OCC)OCC. The zero-order valence-electron chi connectivity index (χ0n) is 12.9. The molecule has 6 nitrogen and oxygen atoms in total. The molecule has 0 amide bonds. The van der Waals surface area contributed by atoms with Crippen LogP contribution in [0.4, 0.5) is 0 Å². The van der Waals surface area contributed by atoms with Gasteiger partial charge in [0.05, 0.1) is 13.2 Å². The van der Waals surface area contributed by atoms with Gasteiger partial charge in [-0.15, -0.1) is 0 Å². The molecule has 0 aliphatic carbocycles. The number of Topliss-reactive ketones (excluding diaryl/α,β-unsaturated/α-hetero) is 1. The van der Waals surface area contributed by atoms with Crippen molar-refractivity contribution in [3.05, 3.63) is 11.8 Å². The van der Waals surface area contributed by atoms with Crippen molar-refractivity contribution >= 4 is 11.8 Å². The van der Waals surface area contributed by atoms with E-state index in [2.05, 4.69) is 0 Å². The average Bonchev–Trinajstić information content (AvgIpc) is 2.39. The molecular formula is C14H24O6. The molecule has 0 atom stereocenters. The predicted molar refractivity (Wildman–Crippen MR) is 73.0 cm³/mol. The first kappa shape index (κ1) is 18.6. The maximum Gasteiger partial charge on any atom is 0.345 e. The predicted octanol–water partition coefficient (Wildman–Crippen LogP) is 1.83.